The van der Waals surface area contributed by atoms with Crippen molar-refractivity contribution in [2.45, 2.75) is 90.0 Å². The summed E-state index contributed by atoms with van der Waals surface area (Å²) in [5.74, 6) is 0.986. The first-order valence-corrected chi connectivity index (χ1v) is 17.5. The van der Waals surface area contributed by atoms with Crippen LogP contribution in [0.15, 0.2) is 112 Å². The molecule has 9 rings (SSSR count). The third-order valence-electron chi connectivity index (χ3n) is 12.4. The van der Waals surface area contributed by atoms with Crippen molar-refractivity contribution in [3.8, 4) is 11.1 Å². The Kier molecular flexibility index (Phi) is 6.06. The van der Waals surface area contributed by atoms with Gasteiger partial charge in [-0.25, -0.2) is 0 Å². The molecule has 3 atom stereocenters. The summed E-state index contributed by atoms with van der Waals surface area (Å²) in [7, 11) is 0. The number of nitrogens with zero attached hydrogens (tertiary/aromatic N) is 1. The predicted octanol–water partition coefficient (Wildman–Crippen LogP) is 11.2. The number of fused-ring (bicyclic) bond motifs is 7. The normalized spacial score (nSPS) is 26.4. The summed E-state index contributed by atoms with van der Waals surface area (Å²) in [6.07, 6.45) is 16.7. The van der Waals surface area contributed by atoms with Gasteiger partial charge in [0.2, 0.25) is 0 Å². The molecule has 0 saturated heterocycles. The van der Waals surface area contributed by atoms with E-state index >= 15 is 0 Å². The zero-order chi connectivity index (χ0) is 31.4. The van der Waals surface area contributed by atoms with Crippen LogP contribution >= 0.6 is 0 Å². The molecule has 0 aromatic heterocycles. The van der Waals surface area contributed by atoms with Gasteiger partial charge in [0.15, 0.2) is 0 Å². The second kappa shape index (κ2) is 9.92. The molecule has 0 spiro atoms. The zero-order valence-electron chi connectivity index (χ0n) is 27.9. The maximum Gasteiger partial charge on any atom is 0.0791 e. The van der Waals surface area contributed by atoms with Crippen LogP contribution in [0.4, 0.5) is 0 Å². The van der Waals surface area contributed by atoms with E-state index in [2.05, 4.69) is 120 Å². The van der Waals surface area contributed by atoms with E-state index in [1.165, 1.54) is 62.2 Å². The van der Waals surface area contributed by atoms with E-state index in [1.54, 1.807) is 22.3 Å². The molecule has 1 aliphatic heterocycles. The van der Waals surface area contributed by atoms with Crippen LogP contribution in [0.2, 0.25) is 0 Å². The number of rotatable bonds is 2. The fraction of sp³-hybridized carbons (Fsp3) is 0.356. The molecule has 3 unspecified atom stereocenters. The summed E-state index contributed by atoms with van der Waals surface area (Å²) < 4.78 is 0. The van der Waals surface area contributed by atoms with Crippen LogP contribution in [0, 0.1) is 24.0 Å². The maximum atomic E-state index is 5.61. The Morgan fingerprint density at radius 3 is 2.61 bits per heavy atom. The van der Waals surface area contributed by atoms with E-state index in [9.17, 15) is 0 Å². The maximum absolute atomic E-state index is 5.61. The van der Waals surface area contributed by atoms with Gasteiger partial charge in [-0.3, -0.25) is 4.99 Å². The van der Waals surface area contributed by atoms with Crippen LogP contribution < -0.4 is 0 Å². The summed E-state index contributed by atoms with van der Waals surface area (Å²) >= 11 is 0. The molecule has 6 aliphatic rings. The molecule has 0 saturated carbocycles. The number of allylic oxidation sites excluding steroid dienone is 9. The molecule has 5 aliphatic carbocycles. The Morgan fingerprint density at radius 1 is 0.848 bits per heavy atom. The Morgan fingerprint density at radius 2 is 1.72 bits per heavy atom. The summed E-state index contributed by atoms with van der Waals surface area (Å²) in [6.45, 7) is 12.0. The molecule has 0 amide bonds. The van der Waals surface area contributed by atoms with Gasteiger partial charge in [-0.15, -0.1) is 0 Å². The standard InChI is InChI=1S/C45H43N/c1-27-24-37-28(16-20-32(27)30-17-21-35-33-10-6-8-12-38(33)44(2,3)40(35)25-30)14-15-29-19-23-42(46-43(29)37)31-18-22-36-34-11-7-9-13-39(34)45(4,5)41(36)26-31/h6-8,10-12,17-22,26-27,30,42H,14-16,23-25H2,1-5H3. The third-order valence-corrected chi connectivity index (χ3v) is 12.4. The highest BCUT2D eigenvalue weighted by Crippen LogP contribution is 2.53. The number of hydrogen-bond donors (Lipinski definition) is 0. The molecular formula is C45H43N. The van der Waals surface area contributed by atoms with Crippen molar-refractivity contribution < 1.29 is 0 Å². The second-order valence-corrected chi connectivity index (χ2v) is 15.6. The summed E-state index contributed by atoms with van der Waals surface area (Å²) in [5.41, 5.74) is 20.3. The first kappa shape index (κ1) is 28.1. The van der Waals surface area contributed by atoms with E-state index in [0.29, 0.717) is 11.8 Å². The quantitative estimate of drug-likeness (QED) is 0.261. The number of aliphatic imine (C=N–C) groups is 1. The molecule has 0 N–H and O–H groups in total. The Hall–Kier alpha value is -4.15. The highest BCUT2D eigenvalue weighted by Gasteiger charge is 2.41. The monoisotopic (exact) mass is 597 g/mol. The molecule has 1 heterocycles. The first-order chi connectivity index (χ1) is 22.2. The average molecular weight is 598 g/mol. The van der Waals surface area contributed by atoms with E-state index in [-0.39, 0.29) is 16.9 Å². The van der Waals surface area contributed by atoms with E-state index in [0.717, 1.165) is 32.1 Å². The van der Waals surface area contributed by atoms with Gasteiger partial charge in [0, 0.05) is 22.3 Å². The molecule has 0 fully saturated rings. The van der Waals surface area contributed by atoms with Gasteiger partial charge in [0.1, 0.15) is 0 Å². The van der Waals surface area contributed by atoms with Gasteiger partial charge in [-0.05, 0) is 107 Å². The summed E-state index contributed by atoms with van der Waals surface area (Å²) in [6, 6.07) is 27.2. The Bertz CT molecular complexity index is 2010. The smallest absolute Gasteiger partial charge is 0.0791 e. The second-order valence-electron chi connectivity index (χ2n) is 15.6. The third kappa shape index (κ3) is 3.99. The molecule has 228 valence electrons. The minimum absolute atomic E-state index is 0.0680. The number of dihydropyridines is 1. The zero-order valence-corrected chi connectivity index (χ0v) is 27.9. The number of hydrogen-bond acceptors (Lipinski definition) is 1. The molecule has 46 heavy (non-hydrogen) atoms. The SMILES string of the molecule is CC1CC2=C(CC=C1C1C=CC3=C(C1)C(C)(C)c1ccccc13)CCC1=CCC(c3ccc4c(c3)C(C)(C)c3c#cccc3-4)N=C12. The molecule has 3 aromatic rings. The Balaban J connectivity index is 0.992. The molecule has 3 aromatic carbocycles. The first-order valence-electron chi connectivity index (χ1n) is 17.5. The van der Waals surface area contributed by atoms with Crippen molar-refractivity contribution >= 4 is 11.3 Å². The largest absolute Gasteiger partial charge is 0.276 e. The van der Waals surface area contributed by atoms with Crippen molar-refractivity contribution in [1.29, 1.82) is 0 Å². The number of benzene rings is 2. The predicted molar refractivity (Wildman–Crippen MR) is 191 cm³/mol. The average Bonchev–Trinajstić information content (AvgIpc) is 3.34. The van der Waals surface area contributed by atoms with Crippen LogP contribution in [0.1, 0.15) is 107 Å². The molecule has 1 heteroatoms. The lowest BCUT2D eigenvalue weighted by Gasteiger charge is -2.32. The van der Waals surface area contributed by atoms with Crippen molar-refractivity contribution in [3.05, 3.63) is 147 Å². The van der Waals surface area contributed by atoms with E-state index in [4.69, 9.17) is 4.99 Å². The van der Waals surface area contributed by atoms with Crippen molar-refractivity contribution in [2.24, 2.45) is 16.8 Å². The van der Waals surface area contributed by atoms with Gasteiger partial charge in [-0.1, -0.05) is 130 Å². The van der Waals surface area contributed by atoms with Gasteiger partial charge in [0.05, 0.1) is 11.8 Å². The fourth-order valence-corrected chi connectivity index (χ4v) is 9.77. The van der Waals surface area contributed by atoms with Crippen molar-refractivity contribution in [2.75, 3.05) is 0 Å². The lowest BCUT2D eigenvalue weighted by molar-refractivity contribution is 0.535. The topological polar surface area (TPSA) is 12.4 Å². The van der Waals surface area contributed by atoms with Gasteiger partial charge in [0.25, 0.3) is 0 Å². The lowest BCUT2D eigenvalue weighted by Crippen LogP contribution is -2.23. The van der Waals surface area contributed by atoms with Crippen LogP contribution in [0.5, 0.6) is 0 Å². The molecule has 1 nitrogen and oxygen atoms in total. The van der Waals surface area contributed by atoms with Gasteiger partial charge in [-0.2, -0.15) is 0 Å². The summed E-state index contributed by atoms with van der Waals surface area (Å²) in [4.78, 5) is 5.61. The highest BCUT2D eigenvalue weighted by atomic mass is 14.8. The van der Waals surface area contributed by atoms with Crippen LogP contribution in [0.3, 0.4) is 0 Å². The van der Waals surface area contributed by atoms with Crippen LogP contribution in [0.25, 0.3) is 16.7 Å². The van der Waals surface area contributed by atoms with E-state index < -0.39 is 0 Å². The van der Waals surface area contributed by atoms with Crippen LogP contribution in [-0.2, 0) is 10.8 Å². The highest BCUT2D eigenvalue weighted by molar-refractivity contribution is 6.14. The Labute approximate surface area is 275 Å². The van der Waals surface area contributed by atoms with E-state index in [1.807, 2.05) is 6.07 Å². The van der Waals surface area contributed by atoms with Crippen molar-refractivity contribution in [1.82, 2.24) is 0 Å². The van der Waals surface area contributed by atoms with Crippen molar-refractivity contribution in [3.63, 3.8) is 0 Å². The van der Waals surface area contributed by atoms with Gasteiger partial charge < -0.3 is 0 Å². The molecule has 0 bridgehead atoms. The molecular weight excluding hydrogens is 555 g/mol. The fourth-order valence-electron chi connectivity index (χ4n) is 9.77. The lowest BCUT2D eigenvalue weighted by atomic mass is 9.72. The van der Waals surface area contributed by atoms with Gasteiger partial charge >= 0.3 is 0 Å². The molecule has 0 radical (unpaired) electrons. The minimum Gasteiger partial charge on any atom is -0.276 e. The summed E-state index contributed by atoms with van der Waals surface area (Å²) in [5, 5.41) is 0. The van der Waals surface area contributed by atoms with Crippen LogP contribution in [-0.4, -0.2) is 5.71 Å². The minimum atomic E-state index is -0.0680.